The Morgan fingerprint density at radius 2 is 1.93 bits per heavy atom. The summed E-state index contributed by atoms with van der Waals surface area (Å²) in [6.07, 6.45) is 7.60. The molecular formula is C14H20O. The van der Waals surface area contributed by atoms with E-state index in [9.17, 15) is 5.11 Å². The van der Waals surface area contributed by atoms with Crippen LogP contribution in [-0.4, -0.2) is 11.2 Å². The van der Waals surface area contributed by atoms with Gasteiger partial charge in [-0.15, -0.1) is 0 Å². The first kappa shape index (κ1) is 12.0. The molecule has 1 N–H and O–H groups in total. The first-order valence-corrected chi connectivity index (χ1v) is 5.70. The van der Waals surface area contributed by atoms with Crippen LogP contribution in [0, 0.1) is 0 Å². The van der Waals surface area contributed by atoms with Crippen LogP contribution in [0.3, 0.4) is 0 Å². The van der Waals surface area contributed by atoms with Crippen molar-refractivity contribution in [3.63, 3.8) is 0 Å². The molecule has 0 aliphatic carbocycles. The Balaban J connectivity index is 2.22. The number of aliphatic hydroxyl groups is 1. The summed E-state index contributed by atoms with van der Waals surface area (Å²) < 4.78 is 0. The smallest absolute Gasteiger partial charge is 0.0577 e. The number of allylic oxidation sites excluding steroid dienone is 1. The van der Waals surface area contributed by atoms with Crippen molar-refractivity contribution < 1.29 is 5.11 Å². The van der Waals surface area contributed by atoms with Crippen LogP contribution < -0.4 is 0 Å². The van der Waals surface area contributed by atoms with E-state index in [2.05, 4.69) is 31.2 Å². The largest absolute Gasteiger partial charge is 0.393 e. The molecule has 0 fully saturated rings. The molecule has 0 spiro atoms. The molecule has 1 heteroatoms. The molecule has 0 radical (unpaired) electrons. The highest BCUT2D eigenvalue weighted by Crippen LogP contribution is 2.07. The van der Waals surface area contributed by atoms with E-state index in [4.69, 9.17) is 0 Å². The van der Waals surface area contributed by atoms with Crippen molar-refractivity contribution in [3.05, 3.63) is 48.0 Å². The lowest BCUT2D eigenvalue weighted by Gasteiger charge is -2.07. The molecule has 1 nitrogen and oxygen atoms in total. The van der Waals surface area contributed by atoms with E-state index in [1.165, 1.54) is 5.56 Å². The van der Waals surface area contributed by atoms with Gasteiger partial charge in [0.15, 0.2) is 0 Å². The Kier molecular flexibility index (Phi) is 5.79. The van der Waals surface area contributed by atoms with Gasteiger partial charge < -0.3 is 5.11 Å². The second kappa shape index (κ2) is 7.24. The minimum atomic E-state index is -0.201. The number of hydrogen-bond donors (Lipinski definition) is 1. The predicted molar refractivity (Wildman–Crippen MR) is 64.8 cm³/mol. The third-order valence-corrected chi connectivity index (χ3v) is 2.42. The van der Waals surface area contributed by atoms with Gasteiger partial charge >= 0.3 is 0 Å². The maximum absolute atomic E-state index is 9.69. The van der Waals surface area contributed by atoms with Gasteiger partial charge in [-0.25, -0.2) is 0 Å². The third-order valence-electron chi connectivity index (χ3n) is 2.42. The minimum absolute atomic E-state index is 0.201. The highest BCUT2D eigenvalue weighted by molar-refractivity contribution is 5.14. The van der Waals surface area contributed by atoms with Crippen LogP contribution in [0.4, 0.5) is 0 Å². The minimum Gasteiger partial charge on any atom is -0.393 e. The molecule has 0 heterocycles. The van der Waals surface area contributed by atoms with Crippen molar-refractivity contribution in [2.45, 2.75) is 38.7 Å². The van der Waals surface area contributed by atoms with Gasteiger partial charge in [0, 0.05) is 0 Å². The van der Waals surface area contributed by atoms with Gasteiger partial charge in [-0.1, -0.05) is 49.4 Å². The van der Waals surface area contributed by atoms with Crippen LogP contribution >= 0.6 is 0 Å². The summed E-state index contributed by atoms with van der Waals surface area (Å²) in [4.78, 5) is 0. The number of hydrogen-bond acceptors (Lipinski definition) is 1. The van der Waals surface area contributed by atoms with Crippen LogP contribution in [0.25, 0.3) is 0 Å². The molecule has 1 aromatic rings. The molecule has 0 saturated heterocycles. The van der Waals surface area contributed by atoms with Crippen molar-refractivity contribution in [1.82, 2.24) is 0 Å². The fourth-order valence-electron chi connectivity index (χ4n) is 1.52. The van der Waals surface area contributed by atoms with E-state index in [-0.39, 0.29) is 6.10 Å². The SMILES string of the molecule is CC/C=C/C[C@@H](O)CCc1ccccc1. The molecule has 0 bridgehead atoms. The molecule has 0 amide bonds. The zero-order valence-electron chi connectivity index (χ0n) is 9.39. The quantitative estimate of drug-likeness (QED) is 0.705. The standard InChI is InChI=1S/C14H20O/c1-2-3-5-10-14(15)12-11-13-8-6-4-7-9-13/h3-9,14-15H,2,10-12H2,1H3/b5-3+/t14-/m1/s1. The lowest BCUT2D eigenvalue weighted by atomic mass is 10.0. The van der Waals surface area contributed by atoms with Gasteiger partial charge in [0.1, 0.15) is 0 Å². The predicted octanol–water partition coefficient (Wildman–Crippen LogP) is 3.34. The normalized spacial score (nSPS) is 13.2. The summed E-state index contributed by atoms with van der Waals surface area (Å²) in [5.41, 5.74) is 1.30. The number of benzene rings is 1. The molecule has 0 aromatic heterocycles. The van der Waals surface area contributed by atoms with Crippen LogP contribution in [0.15, 0.2) is 42.5 Å². The average Bonchev–Trinajstić information content (AvgIpc) is 2.28. The molecule has 1 atom stereocenters. The average molecular weight is 204 g/mol. The van der Waals surface area contributed by atoms with Gasteiger partial charge in [0.2, 0.25) is 0 Å². The summed E-state index contributed by atoms with van der Waals surface area (Å²) in [5.74, 6) is 0. The topological polar surface area (TPSA) is 20.2 Å². The lowest BCUT2D eigenvalue weighted by molar-refractivity contribution is 0.168. The highest BCUT2D eigenvalue weighted by Gasteiger charge is 2.01. The molecule has 1 aromatic carbocycles. The van der Waals surface area contributed by atoms with Crippen LogP contribution in [-0.2, 0) is 6.42 Å². The first-order chi connectivity index (χ1) is 7.33. The monoisotopic (exact) mass is 204 g/mol. The van der Waals surface area contributed by atoms with E-state index in [1.807, 2.05) is 18.2 Å². The van der Waals surface area contributed by atoms with Gasteiger partial charge in [0.05, 0.1) is 6.10 Å². The van der Waals surface area contributed by atoms with Crippen LogP contribution in [0.1, 0.15) is 31.7 Å². The summed E-state index contributed by atoms with van der Waals surface area (Å²) in [6.45, 7) is 2.10. The fourth-order valence-corrected chi connectivity index (χ4v) is 1.52. The molecule has 1 rings (SSSR count). The molecule has 0 aliphatic rings. The highest BCUT2D eigenvalue weighted by atomic mass is 16.3. The molecule has 82 valence electrons. The van der Waals surface area contributed by atoms with Crippen molar-refractivity contribution in [2.75, 3.05) is 0 Å². The van der Waals surface area contributed by atoms with E-state index < -0.39 is 0 Å². The molecule has 0 aliphatic heterocycles. The maximum atomic E-state index is 9.69. The number of rotatable bonds is 6. The molecular weight excluding hydrogens is 184 g/mol. The van der Waals surface area contributed by atoms with Crippen molar-refractivity contribution in [3.8, 4) is 0 Å². The zero-order chi connectivity index (χ0) is 10.9. The van der Waals surface area contributed by atoms with Gasteiger partial charge in [0.25, 0.3) is 0 Å². The third kappa shape index (κ3) is 5.38. The fraction of sp³-hybridized carbons (Fsp3) is 0.429. The van der Waals surface area contributed by atoms with E-state index >= 15 is 0 Å². The van der Waals surface area contributed by atoms with E-state index in [1.54, 1.807) is 0 Å². The second-order valence-corrected chi connectivity index (χ2v) is 3.79. The van der Waals surface area contributed by atoms with Gasteiger partial charge in [-0.05, 0) is 31.2 Å². The number of aliphatic hydroxyl groups excluding tert-OH is 1. The Morgan fingerprint density at radius 3 is 2.60 bits per heavy atom. The Morgan fingerprint density at radius 1 is 1.20 bits per heavy atom. The van der Waals surface area contributed by atoms with Crippen LogP contribution in [0.2, 0.25) is 0 Å². The summed E-state index contributed by atoms with van der Waals surface area (Å²) in [7, 11) is 0. The maximum Gasteiger partial charge on any atom is 0.0577 e. The van der Waals surface area contributed by atoms with Crippen LogP contribution in [0.5, 0.6) is 0 Å². The Labute approximate surface area is 92.5 Å². The summed E-state index contributed by atoms with van der Waals surface area (Å²) in [5, 5.41) is 9.69. The van der Waals surface area contributed by atoms with Crippen molar-refractivity contribution >= 4 is 0 Å². The lowest BCUT2D eigenvalue weighted by Crippen LogP contribution is -2.06. The van der Waals surface area contributed by atoms with Crippen molar-refractivity contribution in [2.24, 2.45) is 0 Å². The Bertz CT molecular complexity index is 277. The molecule has 0 saturated carbocycles. The van der Waals surface area contributed by atoms with Crippen molar-refractivity contribution in [1.29, 1.82) is 0 Å². The number of aryl methyl sites for hydroxylation is 1. The van der Waals surface area contributed by atoms with E-state index in [0.29, 0.717) is 0 Å². The van der Waals surface area contributed by atoms with Gasteiger partial charge in [-0.2, -0.15) is 0 Å². The van der Waals surface area contributed by atoms with E-state index in [0.717, 1.165) is 25.7 Å². The Hall–Kier alpha value is -1.08. The first-order valence-electron chi connectivity index (χ1n) is 5.70. The second-order valence-electron chi connectivity index (χ2n) is 3.79. The summed E-state index contributed by atoms with van der Waals surface area (Å²) >= 11 is 0. The summed E-state index contributed by atoms with van der Waals surface area (Å²) in [6, 6.07) is 10.3. The zero-order valence-corrected chi connectivity index (χ0v) is 9.39. The molecule has 15 heavy (non-hydrogen) atoms. The van der Waals surface area contributed by atoms with Gasteiger partial charge in [-0.3, -0.25) is 0 Å². The molecule has 0 unspecified atom stereocenters.